The number of carbonyl (C=O) groups is 1. The normalized spacial score (nSPS) is 14.7. The van der Waals surface area contributed by atoms with Gasteiger partial charge in [0.05, 0.1) is 0 Å². The van der Waals surface area contributed by atoms with Crippen LogP contribution >= 0.6 is 0 Å². The van der Waals surface area contributed by atoms with E-state index >= 15 is 0 Å². The van der Waals surface area contributed by atoms with E-state index in [0.29, 0.717) is 17.1 Å². The van der Waals surface area contributed by atoms with Crippen molar-refractivity contribution in [2.75, 3.05) is 19.7 Å². The lowest BCUT2D eigenvalue weighted by atomic mass is 10.2. The number of nitrogens with zero attached hydrogens (tertiary/aromatic N) is 3. The number of rotatable bonds is 5. The van der Waals surface area contributed by atoms with Crippen molar-refractivity contribution in [1.82, 2.24) is 19.2 Å². The minimum absolute atomic E-state index is 0.00828. The van der Waals surface area contributed by atoms with Crippen molar-refractivity contribution in [2.24, 2.45) is 7.05 Å². The Morgan fingerprint density at radius 1 is 1.38 bits per heavy atom. The predicted molar refractivity (Wildman–Crippen MR) is 90.4 cm³/mol. The molecule has 1 amide bonds. The Labute approximate surface area is 150 Å². The molecule has 0 bridgehead atoms. The molecule has 1 aromatic carbocycles. The summed E-state index contributed by atoms with van der Waals surface area (Å²) in [7, 11) is -2.07. The molecular weight excluding hydrogens is 363 g/mol. The SMILES string of the molecule is Cc1nc(S(=O)(=O)NCCN2Cc3cc(F)ccc3OCC2=O)cn1C. The Bertz CT molecular complexity index is 922. The Morgan fingerprint density at radius 3 is 2.85 bits per heavy atom. The number of hydrogen-bond donors (Lipinski definition) is 1. The largest absolute Gasteiger partial charge is 0.483 e. The average Bonchev–Trinajstić information content (AvgIpc) is 2.84. The number of carbonyl (C=O) groups excluding carboxylic acids is 1. The molecule has 26 heavy (non-hydrogen) atoms. The lowest BCUT2D eigenvalue weighted by molar-refractivity contribution is -0.133. The summed E-state index contributed by atoms with van der Waals surface area (Å²) in [6.07, 6.45) is 1.42. The van der Waals surface area contributed by atoms with Crippen LogP contribution in [0.2, 0.25) is 0 Å². The van der Waals surface area contributed by atoms with Gasteiger partial charge < -0.3 is 14.2 Å². The number of aromatic nitrogens is 2. The number of sulfonamides is 1. The van der Waals surface area contributed by atoms with Crippen molar-refractivity contribution >= 4 is 15.9 Å². The van der Waals surface area contributed by atoms with E-state index in [1.807, 2.05) is 0 Å². The van der Waals surface area contributed by atoms with E-state index in [0.717, 1.165) is 0 Å². The first kappa shape index (κ1) is 18.3. The fourth-order valence-electron chi connectivity index (χ4n) is 2.59. The van der Waals surface area contributed by atoms with Gasteiger partial charge in [-0.25, -0.2) is 22.5 Å². The zero-order valence-corrected chi connectivity index (χ0v) is 15.2. The monoisotopic (exact) mass is 382 g/mol. The number of imidazole rings is 1. The minimum atomic E-state index is -3.77. The van der Waals surface area contributed by atoms with E-state index in [2.05, 4.69) is 9.71 Å². The van der Waals surface area contributed by atoms with Crippen molar-refractivity contribution in [3.8, 4) is 5.75 Å². The number of benzene rings is 1. The van der Waals surface area contributed by atoms with E-state index in [4.69, 9.17) is 4.74 Å². The van der Waals surface area contributed by atoms with E-state index in [-0.39, 0.29) is 37.2 Å². The Morgan fingerprint density at radius 2 is 2.15 bits per heavy atom. The molecule has 8 nitrogen and oxygen atoms in total. The van der Waals surface area contributed by atoms with Gasteiger partial charge in [0.2, 0.25) is 0 Å². The van der Waals surface area contributed by atoms with Crippen molar-refractivity contribution in [3.63, 3.8) is 0 Å². The zero-order chi connectivity index (χ0) is 18.9. The maximum absolute atomic E-state index is 13.4. The third-order valence-electron chi connectivity index (χ3n) is 4.12. The van der Waals surface area contributed by atoms with Gasteiger partial charge in [-0.2, -0.15) is 0 Å². The van der Waals surface area contributed by atoms with Gasteiger partial charge in [-0.1, -0.05) is 0 Å². The lowest BCUT2D eigenvalue weighted by Crippen LogP contribution is -2.39. The highest BCUT2D eigenvalue weighted by atomic mass is 32.2. The molecule has 10 heteroatoms. The molecule has 0 unspecified atom stereocenters. The van der Waals surface area contributed by atoms with E-state index < -0.39 is 15.8 Å². The first-order valence-electron chi connectivity index (χ1n) is 7.95. The highest BCUT2D eigenvalue weighted by molar-refractivity contribution is 7.89. The van der Waals surface area contributed by atoms with Crippen molar-refractivity contribution in [3.05, 3.63) is 41.6 Å². The number of hydrogen-bond acceptors (Lipinski definition) is 5. The number of halogens is 1. The van der Waals surface area contributed by atoms with Crippen LogP contribution in [0.1, 0.15) is 11.4 Å². The zero-order valence-electron chi connectivity index (χ0n) is 14.4. The topological polar surface area (TPSA) is 93.5 Å². The molecule has 1 aliphatic heterocycles. The summed E-state index contributed by atoms with van der Waals surface area (Å²) < 4.78 is 47.4. The first-order chi connectivity index (χ1) is 12.3. The van der Waals surface area contributed by atoms with Gasteiger partial charge >= 0.3 is 0 Å². The summed E-state index contributed by atoms with van der Waals surface area (Å²) in [4.78, 5) is 17.6. The van der Waals surface area contributed by atoms with E-state index in [9.17, 15) is 17.6 Å². The average molecular weight is 382 g/mol. The number of fused-ring (bicyclic) bond motifs is 1. The molecule has 3 rings (SSSR count). The molecule has 0 radical (unpaired) electrons. The van der Waals surface area contributed by atoms with Gasteiger partial charge in [-0.15, -0.1) is 0 Å². The molecule has 2 aromatic rings. The molecule has 0 aliphatic carbocycles. The smallest absolute Gasteiger partial charge is 0.260 e. The number of ether oxygens (including phenoxy) is 1. The highest BCUT2D eigenvalue weighted by Gasteiger charge is 2.23. The molecule has 140 valence electrons. The predicted octanol–water partition coefficient (Wildman–Crippen LogP) is 0.567. The second kappa shape index (κ2) is 7.04. The van der Waals surface area contributed by atoms with E-state index in [1.165, 1.54) is 29.3 Å². The van der Waals surface area contributed by atoms with Gasteiger partial charge in [0.15, 0.2) is 11.6 Å². The second-order valence-electron chi connectivity index (χ2n) is 5.99. The Hall–Kier alpha value is -2.46. The molecule has 1 aromatic heterocycles. The number of amides is 1. The van der Waals surface area contributed by atoms with Gasteiger partial charge in [-0.3, -0.25) is 4.79 Å². The third kappa shape index (κ3) is 3.86. The maximum Gasteiger partial charge on any atom is 0.260 e. The molecule has 0 atom stereocenters. The molecule has 1 aliphatic rings. The van der Waals surface area contributed by atoms with Crippen LogP contribution in [-0.2, 0) is 28.4 Å². The van der Waals surface area contributed by atoms with Crippen molar-refractivity contribution in [2.45, 2.75) is 18.5 Å². The molecular formula is C16H19FN4O4S. The summed E-state index contributed by atoms with van der Waals surface area (Å²) in [5.41, 5.74) is 0.541. The van der Waals surface area contributed by atoms with Gasteiger partial charge in [0, 0.05) is 38.4 Å². The summed E-state index contributed by atoms with van der Waals surface area (Å²) >= 11 is 0. The molecule has 1 N–H and O–H groups in total. The van der Waals surface area contributed by atoms with Crippen LogP contribution in [-0.4, -0.2) is 48.5 Å². The minimum Gasteiger partial charge on any atom is -0.483 e. The van der Waals surface area contributed by atoms with Gasteiger partial charge in [0.25, 0.3) is 15.9 Å². The van der Waals surface area contributed by atoms with Crippen LogP contribution in [0.25, 0.3) is 0 Å². The maximum atomic E-state index is 13.4. The molecule has 0 spiro atoms. The standard InChI is InChI=1S/C16H19FN4O4S/c1-11-19-15(9-20(11)2)26(23,24)18-5-6-21-8-12-7-13(17)3-4-14(12)25-10-16(21)22/h3-4,7,9,18H,5-6,8,10H2,1-2H3. The summed E-state index contributed by atoms with van der Waals surface area (Å²) in [5.74, 6) is 0.304. The van der Waals surface area contributed by atoms with Crippen LogP contribution in [0.15, 0.2) is 29.4 Å². The van der Waals surface area contributed by atoms with Crippen LogP contribution < -0.4 is 9.46 Å². The fraction of sp³-hybridized carbons (Fsp3) is 0.375. The molecule has 0 fully saturated rings. The van der Waals surface area contributed by atoms with Crippen LogP contribution in [0.4, 0.5) is 4.39 Å². The molecule has 0 saturated carbocycles. The highest BCUT2D eigenvalue weighted by Crippen LogP contribution is 2.24. The lowest BCUT2D eigenvalue weighted by Gasteiger charge is -2.20. The van der Waals surface area contributed by atoms with Crippen LogP contribution in [0, 0.1) is 12.7 Å². The summed E-state index contributed by atoms with van der Waals surface area (Å²) in [6.45, 7) is 1.81. The van der Waals surface area contributed by atoms with Crippen molar-refractivity contribution < 1.29 is 22.3 Å². The second-order valence-corrected chi connectivity index (χ2v) is 7.70. The van der Waals surface area contributed by atoms with Crippen molar-refractivity contribution in [1.29, 1.82) is 0 Å². The Balaban J connectivity index is 1.66. The molecule has 2 heterocycles. The molecule has 0 saturated heterocycles. The van der Waals surface area contributed by atoms with Gasteiger partial charge in [0.1, 0.15) is 17.4 Å². The number of nitrogens with one attached hydrogen (secondary N) is 1. The fourth-order valence-corrected chi connectivity index (χ4v) is 3.64. The number of aryl methyl sites for hydroxylation is 2. The third-order valence-corrected chi connectivity index (χ3v) is 5.45. The first-order valence-corrected chi connectivity index (χ1v) is 9.43. The Kier molecular flexibility index (Phi) is 4.97. The van der Waals surface area contributed by atoms with Crippen LogP contribution in [0.3, 0.4) is 0 Å². The van der Waals surface area contributed by atoms with Gasteiger partial charge in [-0.05, 0) is 25.1 Å². The van der Waals surface area contributed by atoms with Crippen LogP contribution in [0.5, 0.6) is 5.75 Å². The summed E-state index contributed by atoms with van der Waals surface area (Å²) in [6, 6.07) is 4.05. The van der Waals surface area contributed by atoms with E-state index in [1.54, 1.807) is 18.5 Å². The summed E-state index contributed by atoms with van der Waals surface area (Å²) in [5, 5.41) is -0.0737. The quantitative estimate of drug-likeness (QED) is 0.816.